The van der Waals surface area contributed by atoms with Gasteiger partial charge in [-0.15, -0.1) is 0 Å². The number of rotatable bonds is 8. The van der Waals surface area contributed by atoms with E-state index in [9.17, 15) is 8.42 Å². The SMILES string of the molecule is Cc1cnc(Nc2ccc(CN3CCNCC3)cc2)nc1NC1=CCC(C)C(S(=O)(=O)NC(C)(C)C)=C1. The second-order valence-corrected chi connectivity index (χ2v) is 12.6. The van der Waals surface area contributed by atoms with Crippen LogP contribution in [0.4, 0.5) is 17.5 Å². The Kier molecular flexibility index (Phi) is 8.33. The monoisotopic (exact) mass is 525 g/mol. The molecule has 1 aliphatic carbocycles. The lowest BCUT2D eigenvalue weighted by atomic mass is 10.0. The number of aromatic nitrogens is 2. The van der Waals surface area contributed by atoms with Gasteiger partial charge in [-0.25, -0.2) is 18.1 Å². The van der Waals surface area contributed by atoms with E-state index in [-0.39, 0.29) is 5.92 Å². The van der Waals surface area contributed by atoms with Gasteiger partial charge in [-0.05, 0) is 63.8 Å². The first-order valence-electron chi connectivity index (χ1n) is 12.8. The maximum atomic E-state index is 13.0. The molecule has 1 aromatic heterocycles. The largest absolute Gasteiger partial charge is 0.340 e. The highest BCUT2D eigenvalue weighted by molar-refractivity contribution is 7.93. The van der Waals surface area contributed by atoms with Gasteiger partial charge in [0.15, 0.2) is 0 Å². The minimum Gasteiger partial charge on any atom is -0.340 e. The van der Waals surface area contributed by atoms with Gasteiger partial charge in [0.2, 0.25) is 16.0 Å². The fourth-order valence-corrected chi connectivity index (χ4v) is 6.21. The summed E-state index contributed by atoms with van der Waals surface area (Å²) in [5, 5.41) is 9.97. The fraction of sp³-hybridized carbons (Fsp3) is 0.481. The van der Waals surface area contributed by atoms with Crippen molar-refractivity contribution in [1.29, 1.82) is 0 Å². The summed E-state index contributed by atoms with van der Waals surface area (Å²) in [4.78, 5) is 11.9. The molecule has 0 bridgehead atoms. The average Bonchev–Trinajstić information content (AvgIpc) is 2.83. The lowest BCUT2D eigenvalue weighted by molar-refractivity contribution is 0.233. The molecule has 9 nitrogen and oxygen atoms in total. The smallest absolute Gasteiger partial charge is 0.237 e. The van der Waals surface area contributed by atoms with Crippen LogP contribution in [0.25, 0.3) is 0 Å². The molecule has 1 saturated heterocycles. The van der Waals surface area contributed by atoms with E-state index in [1.807, 2.05) is 52.8 Å². The van der Waals surface area contributed by atoms with E-state index < -0.39 is 15.6 Å². The van der Waals surface area contributed by atoms with Crippen LogP contribution in [0.1, 0.15) is 45.2 Å². The molecule has 2 aromatic rings. The molecule has 37 heavy (non-hydrogen) atoms. The van der Waals surface area contributed by atoms with E-state index >= 15 is 0 Å². The maximum Gasteiger partial charge on any atom is 0.237 e. The van der Waals surface area contributed by atoms with Gasteiger partial charge in [-0.1, -0.05) is 25.1 Å². The Labute approximate surface area is 220 Å². The predicted octanol–water partition coefficient (Wildman–Crippen LogP) is 3.87. The first-order chi connectivity index (χ1) is 17.5. The number of allylic oxidation sites excluding steroid dienone is 3. The molecule has 1 atom stereocenters. The van der Waals surface area contributed by atoms with Crippen LogP contribution in [0.3, 0.4) is 0 Å². The van der Waals surface area contributed by atoms with Crippen molar-refractivity contribution in [3.05, 3.63) is 64.3 Å². The predicted molar refractivity (Wildman–Crippen MR) is 150 cm³/mol. The van der Waals surface area contributed by atoms with E-state index in [0.29, 0.717) is 28.8 Å². The number of aryl methyl sites for hydroxylation is 1. The van der Waals surface area contributed by atoms with Gasteiger partial charge in [0, 0.05) is 61.4 Å². The number of nitrogens with zero attached hydrogens (tertiary/aromatic N) is 3. The number of benzene rings is 1. The first kappa shape index (κ1) is 27.3. The number of nitrogens with one attached hydrogen (secondary N) is 4. The van der Waals surface area contributed by atoms with Crippen LogP contribution < -0.4 is 20.7 Å². The molecule has 0 radical (unpaired) electrons. The molecule has 2 heterocycles. The molecule has 4 rings (SSSR count). The summed E-state index contributed by atoms with van der Waals surface area (Å²) in [7, 11) is -3.61. The van der Waals surface area contributed by atoms with Gasteiger partial charge in [-0.3, -0.25) is 4.90 Å². The van der Waals surface area contributed by atoms with Crippen molar-refractivity contribution in [2.45, 2.75) is 53.1 Å². The maximum absolute atomic E-state index is 13.0. The molecule has 1 unspecified atom stereocenters. The Morgan fingerprint density at radius 3 is 2.49 bits per heavy atom. The highest BCUT2D eigenvalue weighted by atomic mass is 32.2. The summed E-state index contributed by atoms with van der Waals surface area (Å²) >= 11 is 0. The van der Waals surface area contributed by atoms with Crippen molar-refractivity contribution in [1.82, 2.24) is 24.9 Å². The zero-order valence-corrected chi connectivity index (χ0v) is 23.2. The van der Waals surface area contributed by atoms with Crippen molar-refractivity contribution in [3.8, 4) is 0 Å². The summed E-state index contributed by atoms with van der Waals surface area (Å²) < 4.78 is 28.8. The van der Waals surface area contributed by atoms with E-state index in [1.165, 1.54) is 5.56 Å². The standard InChI is InChI=1S/C27H39N7O2S/c1-19-6-9-23(16-24(19)37(35,36)33-27(3,4)5)30-25-20(2)17-29-26(32-25)31-22-10-7-21(8-11-22)18-34-14-12-28-13-15-34/h7-11,16-17,19,28,33H,6,12-15,18H2,1-5H3,(H2,29,30,31,32). The zero-order chi connectivity index (χ0) is 26.6. The van der Waals surface area contributed by atoms with E-state index in [2.05, 4.69) is 47.7 Å². The van der Waals surface area contributed by atoms with E-state index in [1.54, 1.807) is 12.3 Å². The normalized spacial score (nSPS) is 19.2. The summed E-state index contributed by atoms with van der Waals surface area (Å²) in [5.74, 6) is 0.994. The molecular formula is C27H39N7O2S. The average molecular weight is 526 g/mol. The number of hydrogen-bond acceptors (Lipinski definition) is 8. The fourth-order valence-electron chi connectivity index (χ4n) is 4.38. The van der Waals surface area contributed by atoms with Crippen molar-refractivity contribution >= 4 is 27.5 Å². The molecule has 1 aromatic carbocycles. The van der Waals surface area contributed by atoms with Gasteiger partial charge in [-0.2, -0.15) is 4.98 Å². The zero-order valence-electron chi connectivity index (χ0n) is 22.4. The van der Waals surface area contributed by atoms with E-state index in [0.717, 1.165) is 44.0 Å². The van der Waals surface area contributed by atoms with Crippen LogP contribution >= 0.6 is 0 Å². The summed E-state index contributed by atoms with van der Waals surface area (Å²) in [6, 6.07) is 8.34. The Morgan fingerprint density at radius 1 is 1.11 bits per heavy atom. The van der Waals surface area contributed by atoms with Crippen molar-refractivity contribution in [2.24, 2.45) is 5.92 Å². The van der Waals surface area contributed by atoms with Gasteiger partial charge < -0.3 is 16.0 Å². The second-order valence-electron chi connectivity index (χ2n) is 10.9. The Morgan fingerprint density at radius 2 is 1.81 bits per heavy atom. The molecule has 0 amide bonds. The third kappa shape index (κ3) is 7.61. The first-order valence-corrected chi connectivity index (χ1v) is 14.3. The Hall–Kier alpha value is -2.79. The van der Waals surface area contributed by atoms with Crippen molar-refractivity contribution in [2.75, 3.05) is 36.8 Å². The number of piperazine rings is 1. The molecule has 4 N–H and O–H groups in total. The molecule has 2 aliphatic rings. The third-order valence-electron chi connectivity index (χ3n) is 6.29. The molecular weight excluding hydrogens is 486 g/mol. The summed E-state index contributed by atoms with van der Waals surface area (Å²) in [6.07, 6.45) is 6.08. The highest BCUT2D eigenvalue weighted by Gasteiger charge is 2.29. The minimum absolute atomic E-state index is 0.108. The quantitative estimate of drug-likeness (QED) is 0.411. The van der Waals surface area contributed by atoms with Crippen LogP contribution in [-0.2, 0) is 16.6 Å². The topological polar surface area (TPSA) is 111 Å². The second kappa shape index (κ2) is 11.3. The molecule has 1 aliphatic heterocycles. The number of hydrogen-bond donors (Lipinski definition) is 4. The summed E-state index contributed by atoms with van der Waals surface area (Å²) in [6.45, 7) is 14.5. The summed E-state index contributed by atoms with van der Waals surface area (Å²) in [5.41, 5.74) is 3.20. The van der Waals surface area contributed by atoms with Gasteiger partial charge in [0.25, 0.3) is 0 Å². The van der Waals surface area contributed by atoms with Crippen LogP contribution in [0, 0.1) is 12.8 Å². The minimum atomic E-state index is -3.61. The molecule has 10 heteroatoms. The van der Waals surface area contributed by atoms with Gasteiger partial charge >= 0.3 is 0 Å². The van der Waals surface area contributed by atoms with Crippen LogP contribution in [0.15, 0.2) is 53.2 Å². The molecule has 1 fully saturated rings. The van der Waals surface area contributed by atoms with E-state index in [4.69, 9.17) is 0 Å². The number of sulfonamides is 1. The van der Waals surface area contributed by atoms with Crippen LogP contribution in [0.5, 0.6) is 0 Å². The third-order valence-corrected chi connectivity index (χ3v) is 8.31. The molecule has 200 valence electrons. The molecule has 0 spiro atoms. The van der Waals surface area contributed by atoms with Gasteiger partial charge in [0.05, 0.1) is 4.91 Å². The van der Waals surface area contributed by atoms with Crippen molar-refractivity contribution < 1.29 is 8.42 Å². The highest BCUT2D eigenvalue weighted by Crippen LogP contribution is 2.29. The lowest BCUT2D eigenvalue weighted by Gasteiger charge is -2.27. The molecule has 0 saturated carbocycles. The van der Waals surface area contributed by atoms with Crippen molar-refractivity contribution in [3.63, 3.8) is 0 Å². The van der Waals surface area contributed by atoms with Crippen LogP contribution in [0.2, 0.25) is 0 Å². The van der Waals surface area contributed by atoms with Crippen LogP contribution in [-0.4, -0.2) is 55.0 Å². The Bertz CT molecular complexity index is 1260. The Balaban J connectivity index is 1.45. The number of anilines is 3. The lowest BCUT2D eigenvalue weighted by Crippen LogP contribution is -2.42. The van der Waals surface area contributed by atoms with Gasteiger partial charge in [0.1, 0.15) is 5.82 Å².